The number of thioether (sulfide) groups is 2. The number of hydroxylamine groups is 1. The number of rotatable bonds is 14. The van der Waals surface area contributed by atoms with Gasteiger partial charge in [-0.05, 0) is 51.7 Å². The molecule has 2 fully saturated rings. The van der Waals surface area contributed by atoms with Crippen molar-refractivity contribution in [2.75, 3.05) is 31.1 Å². The molecule has 4 N–H and O–H groups in total. The zero-order valence-electron chi connectivity index (χ0n) is 36.3. The van der Waals surface area contributed by atoms with Crippen molar-refractivity contribution in [3.63, 3.8) is 0 Å². The lowest BCUT2D eigenvalue weighted by atomic mass is 9.94. The molecule has 0 spiro atoms. The number of β-lactam (4-membered cyclic amide) rings is 1. The van der Waals surface area contributed by atoms with E-state index in [4.69, 9.17) is 16.1 Å². The quantitative estimate of drug-likeness (QED) is 0.0280. The highest BCUT2D eigenvalue weighted by molar-refractivity contribution is 8.02. The minimum Gasteiger partial charge on any atom is -0.477 e. The lowest BCUT2D eigenvalue weighted by Crippen LogP contribution is -2.87. The van der Waals surface area contributed by atoms with Crippen LogP contribution in [0.5, 0.6) is 0 Å². The van der Waals surface area contributed by atoms with Crippen LogP contribution in [0.25, 0.3) is 10.2 Å². The van der Waals surface area contributed by atoms with Gasteiger partial charge in [-0.1, -0.05) is 135 Å². The second-order valence-electron chi connectivity index (χ2n) is 16.8. The van der Waals surface area contributed by atoms with Crippen LogP contribution in [-0.2, 0) is 28.5 Å². The highest BCUT2D eigenvalue weighted by Gasteiger charge is 2.68. The van der Waals surface area contributed by atoms with Crippen LogP contribution in [-0.4, -0.2) is 111 Å². The average molecular weight is 985 g/mol. The van der Waals surface area contributed by atoms with Crippen molar-refractivity contribution >= 4 is 111 Å². The number of thiazole rings is 1. The number of hydrogen-bond acceptors (Lipinski definition) is 12. The third-order valence-corrected chi connectivity index (χ3v) is 20.5. The number of halogens is 1. The van der Waals surface area contributed by atoms with E-state index < -0.39 is 66.1 Å². The summed E-state index contributed by atoms with van der Waals surface area (Å²) in [5, 5.41) is 16.9. The third-order valence-electron chi connectivity index (χ3n) is 11.8. The topological polar surface area (TPSA) is 191 Å². The van der Waals surface area contributed by atoms with Gasteiger partial charge < -0.3 is 25.2 Å². The number of carbonyl (C=O) groups excluding carboxylic acids is 5. The van der Waals surface area contributed by atoms with Crippen molar-refractivity contribution in [1.29, 1.82) is 0 Å². The summed E-state index contributed by atoms with van der Waals surface area (Å²) in [6.07, 6.45) is 0. The van der Waals surface area contributed by atoms with Crippen LogP contribution in [0.2, 0.25) is 10.1 Å². The van der Waals surface area contributed by atoms with E-state index in [1.54, 1.807) is 49.4 Å². The van der Waals surface area contributed by atoms with Crippen molar-refractivity contribution in [2.24, 2.45) is 0 Å². The molecule has 3 atom stereocenters. The second kappa shape index (κ2) is 19.0. The number of carboxylic acid groups (broad SMARTS) is 1. The molecule has 3 aliphatic heterocycles. The number of urea groups is 1. The van der Waals surface area contributed by atoms with Gasteiger partial charge in [0, 0.05) is 36.2 Å². The molecule has 66 heavy (non-hydrogen) atoms. The minimum absolute atomic E-state index is 0.102. The van der Waals surface area contributed by atoms with Gasteiger partial charge in [0.2, 0.25) is 11.6 Å². The molecule has 8 rings (SSSR count). The summed E-state index contributed by atoms with van der Waals surface area (Å²) in [6, 6.07) is 30.4. The van der Waals surface area contributed by atoms with Crippen molar-refractivity contribution in [3.8, 4) is 0 Å². The van der Waals surface area contributed by atoms with Crippen LogP contribution in [0.4, 0.5) is 4.79 Å². The number of nitrogens with zero attached hydrogens (tertiary/aromatic N) is 4. The minimum atomic E-state index is -3.50. The molecule has 0 saturated carbocycles. The summed E-state index contributed by atoms with van der Waals surface area (Å²) in [5.41, 5.74) is 2.28. The van der Waals surface area contributed by atoms with Gasteiger partial charge in [0.25, 0.3) is 14.2 Å². The van der Waals surface area contributed by atoms with E-state index in [9.17, 15) is 24.3 Å². The number of nitrogens with one attached hydrogen (secondary N) is 3. The first-order chi connectivity index (χ1) is 31.6. The smallest absolute Gasteiger partial charge is 0.352 e. The Morgan fingerprint density at radius 1 is 0.939 bits per heavy atom. The van der Waals surface area contributed by atoms with E-state index in [2.05, 4.69) is 21.1 Å². The molecule has 2 saturated heterocycles. The number of aromatic nitrogens is 1. The normalized spacial score (nSPS) is 19.4. The SMILES string of the molecule is CCN1CCN(C(=O)NC(C(=O)N[C@]2(NO[Si](c3ccccc3)(c3ccccc3)C(C)(C)C)C(=O)N3C(C(=O)O)=C(CSc4nc5cc(Cl)ccc5s4)CS[C@H]32)c2ccccc2)C(=O)C1=O. The van der Waals surface area contributed by atoms with E-state index in [-0.39, 0.29) is 36.8 Å². The number of benzene rings is 4. The van der Waals surface area contributed by atoms with Crippen LogP contribution >= 0.6 is 46.5 Å². The molecule has 0 radical (unpaired) electrons. The first-order valence-electron chi connectivity index (χ1n) is 21.0. The summed E-state index contributed by atoms with van der Waals surface area (Å²) in [5.74, 6) is -4.52. The van der Waals surface area contributed by atoms with Crippen molar-refractivity contribution < 1.29 is 38.4 Å². The van der Waals surface area contributed by atoms with Crippen molar-refractivity contribution in [3.05, 3.63) is 131 Å². The highest BCUT2D eigenvalue weighted by Crippen LogP contribution is 2.47. The second-order valence-corrected chi connectivity index (χ2v) is 24.8. The molecule has 0 bridgehead atoms. The Balaban J connectivity index is 1.17. The highest BCUT2D eigenvalue weighted by atomic mass is 35.5. The van der Waals surface area contributed by atoms with Gasteiger partial charge >= 0.3 is 23.8 Å². The standard InChI is InChI=1S/C46H46ClN7O8S3Si/c1-5-52-23-24-53(39(57)38(52)56)43(61)49-35(28-15-9-6-10-16-28)37(55)50-46(51-62-66(45(2,3)4,31-17-11-7-12-18-31)32-19-13-8-14-20-32)41(60)54-36(40(58)59)29(26-63-42(46)54)27-64-44-48-33-25-30(47)21-22-34(33)65-44/h6-22,25,35,42,51H,5,23-24,26-27H2,1-4H3,(H,49,61)(H,50,55)(H,58,59)/t35?,42-,46-/m0/s1. The lowest BCUT2D eigenvalue weighted by molar-refractivity contribution is -0.170. The average Bonchev–Trinajstić information content (AvgIpc) is 3.72. The Morgan fingerprint density at radius 2 is 1.58 bits per heavy atom. The number of fused-ring (bicyclic) bond motifs is 2. The number of hydrogen-bond donors (Lipinski definition) is 4. The summed E-state index contributed by atoms with van der Waals surface area (Å²) in [7, 11) is -3.50. The Labute approximate surface area is 399 Å². The number of imide groups is 1. The fraction of sp³-hybridized carbons (Fsp3) is 0.283. The molecular formula is C46H46ClN7O8S3Si. The predicted octanol–water partition coefficient (Wildman–Crippen LogP) is 5.33. The van der Waals surface area contributed by atoms with Gasteiger partial charge in [-0.25, -0.2) is 14.6 Å². The van der Waals surface area contributed by atoms with Gasteiger partial charge in [-0.2, -0.15) is 5.48 Å². The molecule has 3 aliphatic rings. The first kappa shape index (κ1) is 47.0. The van der Waals surface area contributed by atoms with E-state index in [0.717, 1.165) is 25.5 Å². The Hall–Kier alpha value is -5.54. The maximum absolute atomic E-state index is 15.2. The van der Waals surface area contributed by atoms with Crippen LogP contribution in [0, 0.1) is 0 Å². The van der Waals surface area contributed by atoms with E-state index in [1.165, 1.54) is 44.7 Å². The molecule has 4 aromatic carbocycles. The molecule has 1 unspecified atom stereocenters. The van der Waals surface area contributed by atoms with Gasteiger partial charge in [0.05, 0.1) is 10.2 Å². The van der Waals surface area contributed by atoms with E-state index in [0.29, 0.717) is 20.5 Å². The number of piperazine rings is 1. The van der Waals surface area contributed by atoms with Crippen LogP contribution in [0.3, 0.4) is 0 Å². The molecule has 6 amide bonds. The number of likely N-dealkylation sites (N-methyl/N-ethyl adjacent to an activating group) is 1. The van der Waals surface area contributed by atoms with Crippen molar-refractivity contribution in [1.82, 2.24) is 35.8 Å². The van der Waals surface area contributed by atoms with Crippen LogP contribution in [0.15, 0.2) is 125 Å². The molecule has 15 nitrogen and oxygen atoms in total. The lowest BCUT2D eigenvalue weighted by Gasteiger charge is -2.58. The Kier molecular flexibility index (Phi) is 13.5. The summed E-state index contributed by atoms with van der Waals surface area (Å²) in [6.45, 7) is 8.14. The van der Waals surface area contributed by atoms with Gasteiger partial charge in [-0.15, -0.1) is 23.1 Å². The summed E-state index contributed by atoms with van der Waals surface area (Å²) in [4.78, 5) is 91.2. The summed E-state index contributed by atoms with van der Waals surface area (Å²) >= 11 is 10.2. The number of carbonyl (C=O) groups is 6. The Morgan fingerprint density at radius 3 is 2.18 bits per heavy atom. The van der Waals surface area contributed by atoms with E-state index >= 15 is 9.59 Å². The number of aliphatic carboxylic acids is 1. The largest absolute Gasteiger partial charge is 0.477 e. The zero-order chi connectivity index (χ0) is 47.0. The summed E-state index contributed by atoms with van der Waals surface area (Å²) < 4.78 is 8.73. The molecule has 1 aromatic heterocycles. The van der Waals surface area contributed by atoms with Crippen LogP contribution < -0.4 is 26.5 Å². The predicted molar refractivity (Wildman–Crippen MR) is 258 cm³/mol. The van der Waals surface area contributed by atoms with Gasteiger partial charge in [0.1, 0.15) is 17.1 Å². The van der Waals surface area contributed by atoms with Crippen LogP contribution in [0.1, 0.15) is 39.3 Å². The molecule has 5 aromatic rings. The zero-order valence-corrected chi connectivity index (χ0v) is 40.5. The Bertz CT molecular complexity index is 2700. The fourth-order valence-electron chi connectivity index (χ4n) is 8.45. The molecule has 0 aliphatic carbocycles. The maximum Gasteiger partial charge on any atom is 0.352 e. The van der Waals surface area contributed by atoms with Crippen molar-refractivity contribution in [2.45, 2.75) is 54.2 Å². The third kappa shape index (κ3) is 8.64. The maximum atomic E-state index is 15.2. The first-order valence-corrected chi connectivity index (χ1v) is 26.2. The molecular weight excluding hydrogens is 938 g/mol. The van der Waals surface area contributed by atoms with Gasteiger partial charge in [0.15, 0.2) is 4.34 Å². The van der Waals surface area contributed by atoms with E-state index in [1.807, 2.05) is 87.5 Å². The molecule has 20 heteroatoms. The number of carboxylic acids is 1. The monoisotopic (exact) mass is 983 g/mol. The fourth-order valence-corrected chi connectivity index (χ4v) is 16.5. The molecule has 4 heterocycles. The van der Waals surface area contributed by atoms with Gasteiger partial charge in [-0.3, -0.25) is 29.0 Å². The molecule has 342 valence electrons. The number of amides is 6.